The van der Waals surface area contributed by atoms with Gasteiger partial charge in [0.05, 0.1) is 16.6 Å². The molecule has 1 aromatic heterocycles. The summed E-state index contributed by atoms with van der Waals surface area (Å²) in [6.07, 6.45) is 1.50. The molecular formula is C27H16BrClN2O7S. The number of hydrogen-bond donors (Lipinski definition) is 0. The van der Waals surface area contributed by atoms with Crippen LogP contribution in [0.4, 0.5) is 5.69 Å². The standard InChI is InChI=1S/C27H16BrClN2O7S/c1-2-36-21-12-14(11-19-26(32)38-25(30-19)15-4-7-17(8-5-15)31(34)35)3-10-20(21)37-27(33)24-23(29)18-9-6-16(28)13-22(18)39-24/h3-13H,2H2,1H3/b19-11+. The second kappa shape index (κ2) is 11.0. The van der Waals surface area contributed by atoms with Crippen LogP contribution < -0.4 is 9.47 Å². The number of carbonyl (C=O) groups excluding carboxylic acids is 2. The molecular weight excluding hydrogens is 612 g/mol. The molecule has 0 N–H and O–H groups in total. The van der Waals surface area contributed by atoms with Gasteiger partial charge in [0.1, 0.15) is 4.88 Å². The first-order valence-corrected chi connectivity index (χ1v) is 13.4. The van der Waals surface area contributed by atoms with Crippen LogP contribution in [0.25, 0.3) is 16.2 Å². The summed E-state index contributed by atoms with van der Waals surface area (Å²) in [6.45, 7) is 2.08. The van der Waals surface area contributed by atoms with Gasteiger partial charge >= 0.3 is 11.9 Å². The maximum atomic E-state index is 13.0. The number of benzene rings is 3. The Hall–Kier alpha value is -4.06. The highest BCUT2D eigenvalue weighted by Crippen LogP contribution is 2.38. The lowest BCUT2D eigenvalue weighted by molar-refractivity contribution is -0.384. The first-order chi connectivity index (χ1) is 18.7. The lowest BCUT2D eigenvalue weighted by atomic mass is 10.1. The van der Waals surface area contributed by atoms with Gasteiger partial charge in [-0.05, 0) is 55.0 Å². The highest BCUT2D eigenvalue weighted by atomic mass is 79.9. The number of rotatable bonds is 7. The van der Waals surface area contributed by atoms with Crippen LogP contribution in [0.15, 0.2) is 75.8 Å². The summed E-state index contributed by atoms with van der Waals surface area (Å²) in [5.74, 6) is -0.804. The molecule has 0 radical (unpaired) electrons. The summed E-state index contributed by atoms with van der Waals surface area (Å²) < 4.78 is 18.3. The number of carbonyl (C=O) groups is 2. The first-order valence-electron chi connectivity index (χ1n) is 11.4. The van der Waals surface area contributed by atoms with E-state index in [9.17, 15) is 19.7 Å². The van der Waals surface area contributed by atoms with E-state index in [4.69, 9.17) is 25.8 Å². The fourth-order valence-electron chi connectivity index (χ4n) is 3.70. The third-order valence-corrected chi connectivity index (χ3v) is 7.63. The Bertz CT molecular complexity index is 1710. The zero-order chi connectivity index (χ0) is 27.7. The van der Waals surface area contributed by atoms with E-state index >= 15 is 0 Å². The summed E-state index contributed by atoms with van der Waals surface area (Å²) in [5, 5.41) is 11.9. The van der Waals surface area contributed by atoms with E-state index < -0.39 is 16.9 Å². The van der Waals surface area contributed by atoms with E-state index in [-0.39, 0.29) is 33.7 Å². The number of thiophene rings is 1. The van der Waals surface area contributed by atoms with Gasteiger partial charge in [-0.25, -0.2) is 14.6 Å². The van der Waals surface area contributed by atoms with Crippen molar-refractivity contribution in [2.24, 2.45) is 4.99 Å². The molecule has 0 bridgehead atoms. The molecule has 5 rings (SSSR count). The molecule has 0 saturated carbocycles. The van der Waals surface area contributed by atoms with Crippen molar-refractivity contribution >= 4 is 78.6 Å². The van der Waals surface area contributed by atoms with Gasteiger partial charge in [-0.2, -0.15) is 0 Å². The fraction of sp³-hybridized carbons (Fsp3) is 0.0741. The summed E-state index contributed by atoms with van der Waals surface area (Å²) in [4.78, 5) is 40.2. The number of non-ortho nitro benzene ring substituents is 1. The molecule has 0 atom stereocenters. The van der Waals surface area contributed by atoms with Crippen molar-refractivity contribution in [2.45, 2.75) is 6.92 Å². The molecule has 0 aliphatic carbocycles. The lowest BCUT2D eigenvalue weighted by Crippen LogP contribution is -2.08. The number of ether oxygens (including phenoxy) is 3. The van der Waals surface area contributed by atoms with E-state index in [0.717, 1.165) is 14.6 Å². The Balaban J connectivity index is 1.40. The summed E-state index contributed by atoms with van der Waals surface area (Å²) in [7, 11) is 0. The van der Waals surface area contributed by atoms with Crippen LogP contribution in [0.2, 0.25) is 5.02 Å². The largest absolute Gasteiger partial charge is 0.490 e. The van der Waals surface area contributed by atoms with Gasteiger partial charge in [-0.1, -0.05) is 39.7 Å². The number of esters is 2. The van der Waals surface area contributed by atoms with Crippen LogP contribution in [0.1, 0.15) is 27.7 Å². The Kier molecular flexibility index (Phi) is 7.47. The van der Waals surface area contributed by atoms with Gasteiger partial charge in [0.25, 0.3) is 5.69 Å². The predicted molar refractivity (Wildman–Crippen MR) is 151 cm³/mol. The van der Waals surface area contributed by atoms with Crippen LogP contribution in [0, 0.1) is 10.1 Å². The van der Waals surface area contributed by atoms with Gasteiger partial charge in [0.15, 0.2) is 17.2 Å². The summed E-state index contributed by atoms with van der Waals surface area (Å²) in [5.41, 5.74) is 0.899. The minimum absolute atomic E-state index is 0.0266. The zero-order valence-electron chi connectivity index (χ0n) is 20.0. The molecule has 0 amide bonds. The number of nitrogens with zero attached hydrogens (tertiary/aromatic N) is 2. The Morgan fingerprint density at radius 2 is 1.92 bits per heavy atom. The van der Waals surface area contributed by atoms with E-state index in [1.54, 1.807) is 25.1 Å². The minimum atomic E-state index is -0.678. The molecule has 12 heteroatoms. The van der Waals surface area contributed by atoms with E-state index in [1.807, 2.05) is 18.2 Å². The molecule has 1 aliphatic heterocycles. The number of halogens is 2. The fourth-order valence-corrected chi connectivity index (χ4v) is 5.64. The lowest BCUT2D eigenvalue weighted by Gasteiger charge is -2.11. The van der Waals surface area contributed by atoms with Gasteiger partial charge in [0, 0.05) is 32.3 Å². The number of aliphatic imine (C=N–C) groups is 1. The van der Waals surface area contributed by atoms with Crippen LogP contribution in [-0.4, -0.2) is 29.4 Å². The van der Waals surface area contributed by atoms with Crippen molar-refractivity contribution in [1.29, 1.82) is 0 Å². The van der Waals surface area contributed by atoms with Crippen LogP contribution in [0.3, 0.4) is 0 Å². The van der Waals surface area contributed by atoms with Gasteiger partial charge < -0.3 is 14.2 Å². The average Bonchev–Trinajstić information content (AvgIpc) is 3.44. The molecule has 196 valence electrons. The topological polar surface area (TPSA) is 117 Å². The molecule has 0 spiro atoms. The third kappa shape index (κ3) is 5.56. The van der Waals surface area contributed by atoms with E-state index in [1.165, 1.54) is 41.7 Å². The second-order valence-corrected chi connectivity index (χ2v) is 10.4. The Labute approximate surface area is 238 Å². The van der Waals surface area contributed by atoms with E-state index in [0.29, 0.717) is 22.8 Å². The van der Waals surface area contributed by atoms with Crippen molar-refractivity contribution in [1.82, 2.24) is 0 Å². The van der Waals surface area contributed by atoms with Gasteiger partial charge in [0.2, 0.25) is 5.90 Å². The third-order valence-electron chi connectivity index (χ3n) is 5.50. The van der Waals surface area contributed by atoms with Crippen molar-refractivity contribution in [2.75, 3.05) is 6.61 Å². The molecule has 0 fully saturated rings. The van der Waals surface area contributed by atoms with Crippen LogP contribution >= 0.6 is 38.9 Å². The number of cyclic esters (lactones) is 1. The highest BCUT2D eigenvalue weighted by molar-refractivity contribution is 9.10. The van der Waals surface area contributed by atoms with Crippen molar-refractivity contribution in [3.8, 4) is 11.5 Å². The molecule has 39 heavy (non-hydrogen) atoms. The quantitative estimate of drug-likeness (QED) is 0.0700. The zero-order valence-corrected chi connectivity index (χ0v) is 23.1. The summed E-state index contributed by atoms with van der Waals surface area (Å²) in [6, 6.07) is 15.8. The number of nitro benzene ring substituents is 1. The maximum absolute atomic E-state index is 13.0. The molecule has 0 saturated heterocycles. The summed E-state index contributed by atoms with van der Waals surface area (Å²) >= 11 is 11.1. The minimum Gasteiger partial charge on any atom is -0.490 e. The maximum Gasteiger partial charge on any atom is 0.363 e. The molecule has 1 aliphatic rings. The number of fused-ring (bicyclic) bond motifs is 1. The second-order valence-electron chi connectivity index (χ2n) is 8.05. The normalized spacial score (nSPS) is 13.9. The van der Waals surface area contributed by atoms with E-state index in [2.05, 4.69) is 20.9 Å². The Morgan fingerprint density at radius 3 is 2.64 bits per heavy atom. The average molecular weight is 628 g/mol. The number of hydrogen-bond acceptors (Lipinski definition) is 9. The number of nitro groups is 1. The van der Waals surface area contributed by atoms with Crippen molar-refractivity contribution in [3.05, 3.63) is 102 Å². The van der Waals surface area contributed by atoms with Gasteiger partial charge in [-0.3, -0.25) is 10.1 Å². The first kappa shape index (κ1) is 26.5. The molecule has 9 nitrogen and oxygen atoms in total. The molecule has 3 aromatic carbocycles. The Morgan fingerprint density at radius 1 is 1.15 bits per heavy atom. The SMILES string of the molecule is CCOc1cc(/C=C2/N=C(c3ccc([N+](=O)[O-])cc3)OC2=O)ccc1OC(=O)c1sc2cc(Br)ccc2c1Cl. The van der Waals surface area contributed by atoms with Crippen molar-refractivity contribution in [3.63, 3.8) is 0 Å². The highest BCUT2D eigenvalue weighted by Gasteiger charge is 2.25. The monoisotopic (exact) mass is 626 g/mol. The van der Waals surface area contributed by atoms with Crippen molar-refractivity contribution < 1.29 is 28.7 Å². The molecule has 0 unspecified atom stereocenters. The van der Waals surface area contributed by atoms with Crippen LogP contribution in [0.5, 0.6) is 11.5 Å². The molecule has 2 heterocycles. The molecule has 4 aromatic rings. The van der Waals surface area contributed by atoms with Crippen LogP contribution in [-0.2, 0) is 9.53 Å². The van der Waals surface area contributed by atoms with Gasteiger partial charge in [-0.15, -0.1) is 11.3 Å². The smallest absolute Gasteiger partial charge is 0.363 e. The predicted octanol–water partition coefficient (Wildman–Crippen LogP) is 7.19.